The fourth-order valence-electron chi connectivity index (χ4n) is 2.35. The van der Waals surface area contributed by atoms with Crippen LogP contribution in [0.2, 0.25) is 0 Å². The van der Waals surface area contributed by atoms with Crippen molar-refractivity contribution in [2.24, 2.45) is 7.05 Å². The van der Waals surface area contributed by atoms with E-state index in [1.54, 1.807) is 0 Å². The van der Waals surface area contributed by atoms with Crippen LogP contribution in [0.1, 0.15) is 43.1 Å². The standard InChI is InChI=1S/C15H27N3/c1-11(2)7-8-14(16-5)9-10-15-12(3)17-18(6)13(15)4/h14,16H,1,7-10H2,2-6H3. The van der Waals surface area contributed by atoms with Crippen molar-refractivity contribution in [3.63, 3.8) is 0 Å². The summed E-state index contributed by atoms with van der Waals surface area (Å²) in [4.78, 5) is 0. The van der Waals surface area contributed by atoms with Gasteiger partial charge >= 0.3 is 0 Å². The van der Waals surface area contributed by atoms with E-state index in [1.165, 1.54) is 28.9 Å². The van der Waals surface area contributed by atoms with E-state index in [0.717, 1.165) is 19.3 Å². The van der Waals surface area contributed by atoms with Gasteiger partial charge in [-0.3, -0.25) is 4.68 Å². The first-order valence-electron chi connectivity index (χ1n) is 6.76. The van der Waals surface area contributed by atoms with Crippen LogP contribution in [-0.2, 0) is 13.5 Å². The zero-order chi connectivity index (χ0) is 13.7. The Morgan fingerprint density at radius 3 is 2.50 bits per heavy atom. The van der Waals surface area contributed by atoms with Crippen molar-refractivity contribution in [2.45, 2.75) is 52.5 Å². The Kier molecular flexibility index (Phi) is 5.60. The predicted octanol–water partition coefficient (Wildman–Crippen LogP) is 2.91. The maximum Gasteiger partial charge on any atom is 0.0628 e. The van der Waals surface area contributed by atoms with Crippen LogP contribution in [0.3, 0.4) is 0 Å². The Morgan fingerprint density at radius 1 is 1.39 bits per heavy atom. The van der Waals surface area contributed by atoms with Crippen molar-refractivity contribution < 1.29 is 0 Å². The van der Waals surface area contributed by atoms with Crippen LogP contribution < -0.4 is 5.32 Å². The maximum absolute atomic E-state index is 4.47. The van der Waals surface area contributed by atoms with Crippen LogP contribution in [-0.4, -0.2) is 22.9 Å². The summed E-state index contributed by atoms with van der Waals surface area (Å²) in [5, 5.41) is 7.88. The predicted molar refractivity (Wildman–Crippen MR) is 77.9 cm³/mol. The molecule has 1 N–H and O–H groups in total. The number of nitrogens with zero attached hydrogens (tertiary/aromatic N) is 2. The second-order valence-electron chi connectivity index (χ2n) is 5.29. The topological polar surface area (TPSA) is 29.9 Å². The quantitative estimate of drug-likeness (QED) is 0.753. The summed E-state index contributed by atoms with van der Waals surface area (Å²) in [6.07, 6.45) is 4.55. The van der Waals surface area contributed by atoms with Gasteiger partial charge in [0.25, 0.3) is 0 Å². The van der Waals surface area contributed by atoms with Gasteiger partial charge in [-0.05, 0) is 59.1 Å². The van der Waals surface area contributed by atoms with Crippen molar-refractivity contribution in [1.29, 1.82) is 0 Å². The average Bonchev–Trinajstić information content (AvgIpc) is 2.54. The van der Waals surface area contributed by atoms with Gasteiger partial charge in [0.2, 0.25) is 0 Å². The number of hydrogen-bond donors (Lipinski definition) is 1. The first-order valence-corrected chi connectivity index (χ1v) is 6.76. The van der Waals surface area contributed by atoms with E-state index in [1.807, 2.05) is 18.8 Å². The number of nitrogens with one attached hydrogen (secondary N) is 1. The molecule has 1 heterocycles. The molecule has 1 aromatic rings. The van der Waals surface area contributed by atoms with Crippen LogP contribution in [0.25, 0.3) is 0 Å². The fourth-order valence-corrected chi connectivity index (χ4v) is 2.35. The van der Waals surface area contributed by atoms with Gasteiger partial charge < -0.3 is 5.32 Å². The molecule has 0 radical (unpaired) electrons. The average molecular weight is 249 g/mol. The number of rotatable bonds is 7. The van der Waals surface area contributed by atoms with E-state index in [0.29, 0.717) is 6.04 Å². The van der Waals surface area contributed by atoms with Crippen molar-refractivity contribution in [3.05, 3.63) is 29.1 Å². The highest BCUT2D eigenvalue weighted by Gasteiger charge is 2.12. The minimum atomic E-state index is 0.570. The molecule has 102 valence electrons. The molecule has 1 aromatic heterocycles. The number of hydrogen-bond acceptors (Lipinski definition) is 2. The summed E-state index contributed by atoms with van der Waals surface area (Å²) in [6, 6.07) is 0.570. The smallest absolute Gasteiger partial charge is 0.0628 e. The molecule has 0 aliphatic heterocycles. The van der Waals surface area contributed by atoms with E-state index in [-0.39, 0.29) is 0 Å². The second kappa shape index (κ2) is 6.74. The summed E-state index contributed by atoms with van der Waals surface area (Å²) in [7, 11) is 4.06. The number of aryl methyl sites for hydroxylation is 2. The summed E-state index contributed by atoms with van der Waals surface area (Å²) in [5.41, 5.74) is 5.14. The molecule has 0 aromatic carbocycles. The molecule has 0 amide bonds. The van der Waals surface area contributed by atoms with Crippen LogP contribution >= 0.6 is 0 Å². The monoisotopic (exact) mass is 249 g/mol. The summed E-state index contributed by atoms with van der Waals surface area (Å²) < 4.78 is 1.98. The minimum absolute atomic E-state index is 0.570. The highest BCUT2D eigenvalue weighted by atomic mass is 15.3. The molecule has 3 heteroatoms. The summed E-state index contributed by atoms with van der Waals surface area (Å²) in [5.74, 6) is 0. The first kappa shape index (κ1) is 15.0. The van der Waals surface area contributed by atoms with Crippen LogP contribution in [0.4, 0.5) is 0 Å². The van der Waals surface area contributed by atoms with Crippen LogP contribution in [0.5, 0.6) is 0 Å². The van der Waals surface area contributed by atoms with Crippen LogP contribution in [0, 0.1) is 13.8 Å². The molecule has 0 aliphatic rings. The Labute approximate surface area is 111 Å². The molecule has 0 spiro atoms. The molecular weight excluding hydrogens is 222 g/mol. The van der Waals surface area contributed by atoms with Crippen molar-refractivity contribution in [2.75, 3.05) is 7.05 Å². The highest BCUT2D eigenvalue weighted by Crippen LogP contribution is 2.16. The molecule has 3 nitrogen and oxygen atoms in total. The lowest BCUT2D eigenvalue weighted by molar-refractivity contribution is 0.488. The molecule has 1 atom stereocenters. The first-order chi connectivity index (χ1) is 8.45. The zero-order valence-corrected chi connectivity index (χ0v) is 12.5. The molecule has 0 saturated carbocycles. The van der Waals surface area contributed by atoms with Gasteiger partial charge in [0.15, 0.2) is 0 Å². The maximum atomic E-state index is 4.47. The molecule has 1 unspecified atom stereocenters. The normalized spacial score (nSPS) is 12.7. The summed E-state index contributed by atoms with van der Waals surface area (Å²) in [6.45, 7) is 10.3. The minimum Gasteiger partial charge on any atom is -0.317 e. The van der Waals surface area contributed by atoms with Crippen molar-refractivity contribution in [3.8, 4) is 0 Å². The lowest BCUT2D eigenvalue weighted by atomic mass is 9.99. The molecule has 0 bridgehead atoms. The molecule has 18 heavy (non-hydrogen) atoms. The Balaban J connectivity index is 2.54. The van der Waals surface area contributed by atoms with Gasteiger partial charge in [0, 0.05) is 18.8 Å². The Morgan fingerprint density at radius 2 is 2.06 bits per heavy atom. The molecule has 1 rings (SSSR count). The highest BCUT2D eigenvalue weighted by molar-refractivity contribution is 5.24. The lowest BCUT2D eigenvalue weighted by Gasteiger charge is -2.16. The van der Waals surface area contributed by atoms with E-state index in [2.05, 4.69) is 37.8 Å². The van der Waals surface area contributed by atoms with Gasteiger partial charge in [0.05, 0.1) is 5.69 Å². The lowest BCUT2D eigenvalue weighted by Crippen LogP contribution is -2.25. The van der Waals surface area contributed by atoms with Gasteiger partial charge in [-0.15, -0.1) is 6.58 Å². The molecule has 0 fully saturated rings. The Bertz CT molecular complexity index is 404. The van der Waals surface area contributed by atoms with Crippen molar-refractivity contribution >= 4 is 0 Å². The Hall–Kier alpha value is -1.09. The molecule has 0 saturated heterocycles. The molecular formula is C15H27N3. The number of allylic oxidation sites excluding steroid dienone is 1. The fraction of sp³-hybridized carbons (Fsp3) is 0.667. The van der Waals surface area contributed by atoms with Gasteiger partial charge in [-0.2, -0.15) is 5.10 Å². The van der Waals surface area contributed by atoms with Crippen molar-refractivity contribution in [1.82, 2.24) is 15.1 Å². The molecule has 0 aliphatic carbocycles. The third kappa shape index (κ3) is 3.98. The van der Waals surface area contributed by atoms with Crippen LogP contribution in [0.15, 0.2) is 12.2 Å². The largest absolute Gasteiger partial charge is 0.317 e. The SMILES string of the molecule is C=C(C)CCC(CCc1c(C)nn(C)c1C)NC. The van der Waals surface area contributed by atoms with E-state index in [4.69, 9.17) is 0 Å². The van der Waals surface area contributed by atoms with Gasteiger partial charge in [0.1, 0.15) is 0 Å². The third-order valence-corrected chi connectivity index (χ3v) is 3.73. The van der Waals surface area contributed by atoms with E-state index >= 15 is 0 Å². The second-order valence-corrected chi connectivity index (χ2v) is 5.29. The van der Waals surface area contributed by atoms with E-state index in [9.17, 15) is 0 Å². The van der Waals surface area contributed by atoms with E-state index < -0.39 is 0 Å². The van der Waals surface area contributed by atoms with Gasteiger partial charge in [-0.1, -0.05) is 5.57 Å². The number of aromatic nitrogens is 2. The van der Waals surface area contributed by atoms with Gasteiger partial charge in [-0.25, -0.2) is 0 Å². The third-order valence-electron chi connectivity index (χ3n) is 3.73. The summed E-state index contributed by atoms with van der Waals surface area (Å²) >= 11 is 0. The zero-order valence-electron chi connectivity index (χ0n) is 12.5.